The molecule has 10 aromatic carbocycles. The lowest BCUT2D eigenvalue weighted by molar-refractivity contribution is 1.18. The highest BCUT2D eigenvalue weighted by Crippen LogP contribution is 2.45. The van der Waals surface area contributed by atoms with Gasteiger partial charge in [-0.15, -0.1) is 11.3 Å². The second kappa shape index (κ2) is 14.7. The number of benzene rings is 10. The van der Waals surface area contributed by atoms with Crippen LogP contribution in [0.1, 0.15) is 0 Å². The summed E-state index contributed by atoms with van der Waals surface area (Å²) in [5.41, 5.74) is 15.2. The largest absolute Gasteiger partial charge is 0.310 e. The molecule has 0 unspecified atom stereocenters. The minimum absolute atomic E-state index is 1.09. The van der Waals surface area contributed by atoms with Gasteiger partial charge in [0.05, 0.1) is 22.1 Å². The lowest BCUT2D eigenvalue weighted by Gasteiger charge is -2.26. The molecular formula is C60H39N3S. The van der Waals surface area contributed by atoms with E-state index in [0.717, 1.165) is 22.7 Å². The van der Waals surface area contributed by atoms with Crippen LogP contribution in [0.15, 0.2) is 237 Å². The Morgan fingerprint density at radius 3 is 1.48 bits per heavy atom. The molecule has 0 N–H and O–H groups in total. The molecule has 0 amide bonds. The van der Waals surface area contributed by atoms with Gasteiger partial charge in [-0.25, -0.2) is 0 Å². The third-order valence-corrected chi connectivity index (χ3v) is 14.1. The number of para-hydroxylation sites is 3. The summed E-state index contributed by atoms with van der Waals surface area (Å²) >= 11 is 1.90. The Hall–Kier alpha value is -8.18. The number of anilines is 3. The molecule has 4 heteroatoms. The van der Waals surface area contributed by atoms with Crippen molar-refractivity contribution in [2.45, 2.75) is 0 Å². The van der Waals surface area contributed by atoms with E-state index in [1.807, 2.05) is 11.3 Å². The molecule has 0 saturated carbocycles. The third-order valence-electron chi connectivity index (χ3n) is 12.9. The molecule has 0 bridgehead atoms. The molecule has 13 rings (SSSR count). The fraction of sp³-hybridized carbons (Fsp3) is 0. The van der Waals surface area contributed by atoms with Crippen LogP contribution >= 0.6 is 11.3 Å². The highest BCUT2D eigenvalue weighted by Gasteiger charge is 2.20. The van der Waals surface area contributed by atoms with Crippen LogP contribution in [0.5, 0.6) is 0 Å². The Kier molecular flexibility index (Phi) is 8.40. The van der Waals surface area contributed by atoms with Crippen LogP contribution in [-0.4, -0.2) is 9.13 Å². The standard InChI is InChI=1S/C60H39N3S/c1-4-14-40(15-5-1)41-24-29-46(30-25-41)61(48-33-36-55-52(39-48)49-20-10-12-22-54(49)62(55)44-16-6-2-7-17-44)47-31-26-42(27-32-47)43-28-35-56-53(38-43)59-57(63(56)45-18-8-3-9-19-45)37-34-51-50-21-11-13-23-58(50)64-60(51)59/h1-39H. The lowest BCUT2D eigenvalue weighted by Crippen LogP contribution is -2.10. The third kappa shape index (κ3) is 5.81. The van der Waals surface area contributed by atoms with Gasteiger partial charge in [0.2, 0.25) is 0 Å². The van der Waals surface area contributed by atoms with E-state index in [2.05, 4.69) is 251 Å². The van der Waals surface area contributed by atoms with Crippen LogP contribution in [0.2, 0.25) is 0 Å². The molecule has 0 aliphatic heterocycles. The molecule has 0 fully saturated rings. The predicted molar refractivity (Wildman–Crippen MR) is 274 cm³/mol. The summed E-state index contributed by atoms with van der Waals surface area (Å²) in [6, 6.07) is 86.2. The maximum absolute atomic E-state index is 2.43. The minimum Gasteiger partial charge on any atom is -0.310 e. The first-order valence-electron chi connectivity index (χ1n) is 21.8. The number of thiophene rings is 1. The fourth-order valence-corrected chi connectivity index (χ4v) is 11.2. The number of nitrogens with zero attached hydrogens (tertiary/aromatic N) is 3. The average molecular weight is 834 g/mol. The van der Waals surface area contributed by atoms with Crippen LogP contribution in [0.25, 0.3) is 97.4 Å². The van der Waals surface area contributed by atoms with E-state index in [1.54, 1.807) is 0 Å². The number of rotatable bonds is 7. The lowest BCUT2D eigenvalue weighted by atomic mass is 10.0. The van der Waals surface area contributed by atoms with E-state index >= 15 is 0 Å². The van der Waals surface area contributed by atoms with Crippen molar-refractivity contribution in [3.05, 3.63) is 237 Å². The smallest absolute Gasteiger partial charge is 0.0555 e. The van der Waals surface area contributed by atoms with Gasteiger partial charge in [0.25, 0.3) is 0 Å². The molecule has 3 aromatic heterocycles. The predicted octanol–water partition coefficient (Wildman–Crippen LogP) is 17.1. The molecule has 64 heavy (non-hydrogen) atoms. The SMILES string of the molecule is c1ccc(-c2ccc(N(c3ccc(-c4ccc5c(c4)c4c6sc7ccccc7c6ccc4n5-c4ccccc4)cc3)c3ccc4c(c3)c3ccccc3n4-c3ccccc3)cc2)cc1. The monoisotopic (exact) mass is 833 g/mol. The zero-order valence-electron chi connectivity index (χ0n) is 34.8. The van der Waals surface area contributed by atoms with Gasteiger partial charge < -0.3 is 14.0 Å². The fourth-order valence-electron chi connectivity index (χ4n) is 9.96. The Morgan fingerprint density at radius 1 is 0.297 bits per heavy atom. The summed E-state index contributed by atoms with van der Waals surface area (Å²) in [5, 5.41) is 7.66. The Labute approximate surface area is 374 Å². The van der Waals surface area contributed by atoms with E-state index in [4.69, 9.17) is 0 Å². The van der Waals surface area contributed by atoms with Crippen molar-refractivity contribution in [2.24, 2.45) is 0 Å². The average Bonchev–Trinajstić information content (AvgIpc) is 4.03. The highest BCUT2D eigenvalue weighted by molar-refractivity contribution is 7.26. The molecule has 3 heterocycles. The van der Waals surface area contributed by atoms with E-state index in [0.29, 0.717) is 0 Å². The molecule has 0 aliphatic carbocycles. The Morgan fingerprint density at radius 2 is 0.781 bits per heavy atom. The van der Waals surface area contributed by atoms with Crippen molar-refractivity contribution in [3.63, 3.8) is 0 Å². The molecule has 0 atom stereocenters. The topological polar surface area (TPSA) is 13.1 Å². The van der Waals surface area contributed by atoms with Crippen LogP contribution in [0, 0.1) is 0 Å². The first kappa shape index (κ1) is 36.5. The molecular weight excluding hydrogens is 795 g/mol. The maximum Gasteiger partial charge on any atom is 0.0555 e. The second-order valence-electron chi connectivity index (χ2n) is 16.5. The van der Waals surface area contributed by atoms with E-state index < -0.39 is 0 Å². The molecule has 300 valence electrons. The first-order valence-corrected chi connectivity index (χ1v) is 22.7. The van der Waals surface area contributed by atoms with Gasteiger partial charge in [-0.1, -0.05) is 140 Å². The van der Waals surface area contributed by atoms with Gasteiger partial charge in [-0.2, -0.15) is 0 Å². The molecule has 0 aliphatic rings. The summed E-state index contributed by atoms with van der Waals surface area (Å²) in [5.74, 6) is 0. The summed E-state index contributed by atoms with van der Waals surface area (Å²) in [7, 11) is 0. The highest BCUT2D eigenvalue weighted by atomic mass is 32.1. The van der Waals surface area contributed by atoms with Gasteiger partial charge in [-0.3, -0.25) is 0 Å². The normalized spacial score (nSPS) is 11.8. The van der Waals surface area contributed by atoms with Gasteiger partial charge in [-0.05, 0) is 119 Å². The first-order chi connectivity index (χ1) is 31.7. The second-order valence-corrected chi connectivity index (χ2v) is 17.6. The molecule has 3 nitrogen and oxygen atoms in total. The zero-order chi connectivity index (χ0) is 42.1. The molecule has 0 spiro atoms. The van der Waals surface area contributed by atoms with Crippen LogP contribution in [0.3, 0.4) is 0 Å². The maximum atomic E-state index is 2.43. The summed E-state index contributed by atoms with van der Waals surface area (Å²) in [6.07, 6.45) is 0. The Bertz CT molecular complexity index is 3860. The van der Waals surface area contributed by atoms with E-state index in [-0.39, 0.29) is 0 Å². The van der Waals surface area contributed by atoms with Gasteiger partial charge >= 0.3 is 0 Å². The quantitative estimate of drug-likeness (QED) is 0.156. The van der Waals surface area contributed by atoms with Crippen LogP contribution in [-0.2, 0) is 0 Å². The van der Waals surface area contributed by atoms with Gasteiger partial charge in [0.1, 0.15) is 0 Å². The number of hydrogen-bond donors (Lipinski definition) is 0. The number of hydrogen-bond acceptors (Lipinski definition) is 2. The van der Waals surface area contributed by atoms with Gasteiger partial charge in [0, 0.05) is 70.2 Å². The van der Waals surface area contributed by atoms with Crippen LogP contribution < -0.4 is 4.90 Å². The summed E-state index contributed by atoms with van der Waals surface area (Å²) < 4.78 is 7.46. The van der Waals surface area contributed by atoms with Crippen molar-refractivity contribution in [1.82, 2.24) is 9.13 Å². The van der Waals surface area contributed by atoms with Crippen molar-refractivity contribution in [3.8, 4) is 33.6 Å². The van der Waals surface area contributed by atoms with Crippen LogP contribution in [0.4, 0.5) is 17.1 Å². The minimum atomic E-state index is 1.09. The molecule has 0 radical (unpaired) electrons. The van der Waals surface area contributed by atoms with Crippen molar-refractivity contribution < 1.29 is 0 Å². The number of aromatic nitrogens is 2. The number of fused-ring (bicyclic) bond motifs is 10. The van der Waals surface area contributed by atoms with Crippen molar-refractivity contribution >= 4 is 92.2 Å². The zero-order valence-corrected chi connectivity index (χ0v) is 35.6. The summed E-state index contributed by atoms with van der Waals surface area (Å²) in [6.45, 7) is 0. The summed E-state index contributed by atoms with van der Waals surface area (Å²) in [4.78, 5) is 2.39. The van der Waals surface area contributed by atoms with E-state index in [9.17, 15) is 0 Å². The van der Waals surface area contributed by atoms with Crippen molar-refractivity contribution in [2.75, 3.05) is 4.90 Å². The molecule has 0 saturated heterocycles. The van der Waals surface area contributed by atoms with E-state index in [1.165, 1.54) is 91.7 Å². The van der Waals surface area contributed by atoms with Gasteiger partial charge in [0.15, 0.2) is 0 Å². The van der Waals surface area contributed by atoms with Crippen molar-refractivity contribution in [1.29, 1.82) is 0 Å². The Balaban J connectivity index is 0.962. The molecule has 13 aromatic rings.